The van der Waals surface area contributed by atoms with Crippen LogP contribution in [-0.2, 0) is 14.8 Å². The van der Waals surface area contributed by atoms with Crippen molar-refractivity contribution >= 4 is 33.0 Å². The summed E-state index contributed by atoms with van der Waals surface area (Å²) in [5, 5.41) is 8.15. The number of halogens is 2. The molecule has 1 N–H and O–H groups in total. The normalized spacial score (nSPS) is 18.1. The van der Waals surface area contributed by atoms with Crippen LogP contribution in [0.5, 0.6) is 0 Å². The molecule has 1 aliphatic heterocycles. The fraction of sp³-hybridized carbons (Fsp3) is 0.409. The van der Waals surface area contributed by atoms with Gasteiger partial charge in [-0.05, 0) is 43.9 Å². The average molecular weight is 509 g/mol. The summed E-state index contributed by atoms with van der Waals surface area (Å²) in [5.41, 5.74) is 0.489. The van der Waals surface area contributed by atoms with E-state index in [1.807, 2.05) is 0 Å². The first-order valence-electron chi connectivity index (χ1n) is 11.0. The van der Waals surface area contributed by atoms with E-state index in [1.165, 1.54) is 4.31 Å². The predicted octanol–water partition coefficient (Wildman–Crippen LogP) is 4.38. The lowest BCUT2D eigenvalue weighted by Gasteiger charge is -2.30. The van der Waals surface area contributed by atoms with Gasteiger partial charge in [0.1, 0.15) is 15.8 Å². The number of thiophene rings is 1. The van der Waals surface area contributed by atoms with Crippen LogP contribution in [0.2, 0.25) is 0 Å². The van der Waals surface area contributed by atoms with Crippen molar-refractivity contribution in [2.75, 3.05) is 18.4 Å². The molecule has 12 heteroatoms. The van der Waals surface area contributed by atoms with Crippen molar-refractivity contribution in [3.63, 3.8) is 0 Å². The molecule has 0 atom stereocenters. The molecule has 3 aromatic rings. The Balaban J connectivity index is 1.21. The van der Waals surface area contributed by atoms with Gasteiger partial charge in [-0.1, -0.05) is 11.6 Å². The Bertz CT molecular complexity index is 1310. The minimum atomic E-state index is -3.74. The Morgan fingerprint density at radius 3 is 2.59 bits per heavy atom. The van der Waals surface area contributed by atoms with Gasteiger partial charge in [-0.3, -0.25) is 4.79 Å². The van der Waals surface area contributed by atoms with Crippen molar-refractivity contribution in [2.45, 2.75) is 42.2 Å². The molecule has 0 bridgehead atoms. The number of amides is 1. The number of sulfonamides is 1. The van der Waals surface area contributed by atoms with E-state index in [-0.39, 0.29) is 23.0 Å². The van der Waals surface area contributed by atoms with Crippen molar-refractivity contribution in [3.8, 4) is 11.4 Å². The fourth-order valence-corrected chi connectivity index (χ4v) is 6.83. The molecule has 34 heavy (non-hydrogen) atoms. The van der Waals surface area contributed by atoms with E-state index in [0.717, 1.165) is 42.7 Å². The first kappa shape index (κ1) is 23.1. The maximum absolute atomic E-state index is 13.8. The average Bonchev–Trinajstić information content (AvgIpc) is 3.45. The zero-order chi connectivity index (χ0) is 23.9. The van der Waals surface area contributed by atoms with E-state index in [1.54, 1.807) is 11.4 Å². The maximum atomic E-state index is 13.8. The highest BCUT2D eigenvalue weighted by Crippen LogP contribution is 2.37. The first-order valence-corrected chi connectivity index (χ1v) is 13.3. The molecule has 1 aromatic carbocycles. The highest BCUT2D eigenvalue weighted by atomic mass is 32.2. The number of hydrogen-bond acceptors (Lipinski definition) is 7. The van der Waals surface area contributed by atoms with E-state index in [4.69, 9.17) is 4.52 Å². The summed E-state index contributed by atoms with van der Waals surface area (Å²) < 4.78 is 60.0. The molecule has 1 aliphatic carbocycles. The third-order valence-corrected chi connectivity index (χ3v) is 9.65. The highest BCUT2D eigenvalue weighted by molar-refractivity contribution is 7.91. The van der Waals surface area contributed by atoms with Gasteiger partial charge in [0.2, 0.25) is 17.6 Å². The third-order valence-electron chi connectivity index (χ3n) is 6.34. The van der Waals surface area contributed by atoms with Gasteiger partial charge in [0, 0.05) is 41.9 Å². The second-order valence-corrected chi connectivity index (χ2v) is 11.6. The molecule has 8 nitrogen and oxygen atoms in total. The second-order valence-electron chi connectivity index (χ2n) is 8.53. The molecule has 0 spiro atoms. The Kier molecular flexibility index (Phi) is 6.21. The summed E-state index contributed by atoms with van der Waals surface area (Å²) in [6.45, 7) is 0.321. The maximum Gasteiger partial charge on any atom is 0.252 e. The van der Waals surface area contributed by atoms with Crippen LogP contribution in [0.1, 0.15) is 43.9 Å². The quantitative estimate of drug-likeness (QED) is 0.530. The van der Waals surface area contributed by atoms with E-state index >= 15 is 0 Å². The predicted molar refractivity (Wildman–Crippen MR) is 121 cm³/mol. The lowest BCUT2D eigenvalue weighted by molar-refractivity contribution is -0.120. The Morgan fingerprint density at radius 1 is 1.15 bits per heavy atom. The molecule has 2 aliphatic rings. The summed E-state index contributed by atoms with van der Waals surface area (Å²) >= 11 is 1.09. The second kappa shape index (κ2) is 9.16. The zero-order valence-electron chi connectivity index (χ0n) is 18.0. The van der Waals surface area contributed by atoms with E-state index < -0.39 is 33.5 Å². The molecule has 3 heterocycles. The molecule has 2 fully saturated rings. The zero-order valence-corrected chi connectivity index (χ0v) is 19.7. The Labute approximate surface area is 199 Å². The van der Waals surface area contributed by atoms with Gasteiger partial charge in [-0.2, -0.15) is 9.29 Å². The molecular weight excluding hydrogens is 486 g/mol. The number of rotatable bonds is 6. The molecule has 1 amide bonds. The number of nitrogens with zero attached hydrogens (tertiary/aromatic N) is 3. The minimum Gasteiger partial charge on any atom is -0.339 e. The summed E-state index contributed by atoms with van der Waals surface area (Å²) in [4.78, 5) is 16.9. The van der Waals surface area contributed by atoms with Crippen molar-refractivity contribution in [1.29, 1.82) is 0 Å². The number of aromatic nitrogens is 2. The van der Waals surface area contributed by atoms with Gasteiger partial charge in [-0.15, -0.1) is 11.3 Å². The molecule has 0 unspecified atom stereocenters. The SMILES string of the molecule is O=C(Nc1ccc(F)cc1F)C1CCN(S(=O)(=O)c2cc(-c3noc(C4CCC4)n3)cs2)CC1. The van der Waals surface area contributed by atoms with Crippen molar-refractivity contribution in [1.82, 2.24) is 14.4 Å². The lowest BCUT2D eigenvalue weighted by atomic mass is 9.85. The topological polar surface area (TPSA) is 105 Å². The van der Waals surface area contributed by atoms with Crippen LogP contribution in [0.15, 0.2) is 38.4 Å². The molecule has 1 saturated carbocycles. The molecular formula is C22H22F2N4O4S2. The number of anilines is 1. The third kappa shape index (κ3) is 4.49. The lowest BCUT2D eigenvalue weighted by Crippen LogP contribution is -2.41. The van der Waals surface area contributed by atoms with Crippen LogP contribution in [-0.4, -0.2) is 41.9 Å². The first-order chi connectivity index (χ1) is 16.3. The van der Waals surface area contributed by atoms with Crippen LogP contribution < -0.4 is 5.32 Å². The number of carbonyl (C=O) groups is 1. The van der Waals surface area contributed by atoms with Crippen LogP contribution in [0.3, 0.4) is 0 Å². The van der Waals surface area contributed by atoms with Gasteiger partial charge in [0.15, 0.2) is 0 Å². The van der Waals surface area contributed by atoms with Crippen molar-refractivity contribution in [3.05, 3.63) is 47.2 Å². The summed E-state index contributed by atoms with van der Waals surface area (Å²) in [6.07, 6.45) is 3.78. The molecule has 5 rings (SSSR count). The van der Waals surface area contributed by atoms with Gasteiger partial charge < -0.3 is 9.84 Å². The van der Waals surface area contributed by atoms with Crippen LogP contribution in [0.4, 0.5) is 14.5 Å². The van der Waals surface area contributed by atoms with Crippen LogP contribution in [0, 0.1) is 17.6 Å². The van der Waals surface area contributed by atoms with Gasteiger partial charge in [-0.25, -0.2) is 17.2 Å². The number of nitrogens with one attached hydrogen (secondary N) is 1. The summed E-state index contributed by atoms with van der Waals surface area (Å²) in [7, 11) is -3.74. The number of benzene rings is 1. The van der Waals surface area contributed by atoms with Crippen LogP contribution in [0.25, 0.3) is 11.4 Å². The van der Waals surface area contributed by atoms with E-state index in [9.17, 15) is 22.0 Å². The van der Waals surface area contributed by atoms with Crippen molar-refractivity contribution < 1.29 is 26.5 Å². The standard InChI is InChI=1S/C22H22F2N4O4S2/c23-16-4-5-18(17(24)11-16)25-21(29)13-6-8-28(9-7-13)34(30,31)19-10-15(12-33-19)20-26-22(32-27-20)14-2-1-3-14/h4-5,10-14H,1-3,6-9H2,(H,25,29). The smallest absolute Gasteiger partial charge is 0.252 e. The Morgan fingerprint density at radius 2 is 1.91 bits per heavy atom. The number of piperidine rings is 1. The largest absolute Gasteiger partial charge is 0.339 e. The van der Waals surface area contributed by atoms with E-state index in [2.05, 4.69) is 15.5 Å². The highest BCUT2D eigenvalue weighted by Gasteiger charge is 2.34. The number of carbonyl (C=O) groups excluding carboxylic acids is 1. The summed E-state index contributed by atoms with van der Waals surface area (Å²) in [5.74, 6) is -1.21. The molecule has 0 radical (unpaired) electrons. The summed E-state index contributed by atoms with van der Waals surface area (Å²) in [6, 6.07) is 4.47. The molecule has 180 valence electrons. The van der Waals surface area contributed by atoms with Gasteiger partial charge in [0.05, 0.1) is 5.69 Å². The number of hydrogen-bond donors (Lipinski definition) is 1. The van der Waals surface area contributed by atoms with Crippen LogP contribution >= 0.6 is 11.3 Å². The van der Waals surface area contributed by atoms with E-state index in [0.29, 0.717) is 42.1 Å². The monoisotopic (exact) mass is 508 g/mol. The van der Waals surface area contributed by atoms with Gasteiger partial charge >= 0.3 is 0 Å². The van der Waals surface area contributed by atoms with Crippen molar-refractivity contribution in [2.24, 2.45) is 5.92 Å². The fourth-order valence-electron chi connectivity index (χ4n) is 4.05. The minimum absolute atomic E-state index is 0.102. The molecule has 1 saturated heterocycles. The Hall–Kier alpha value is -2.70. The van der Waals surface area contributed by atoms with Gasteiger partial charge in [0.25, 0.3) is 10.0 Å². The molecule has 2 aromatic heterocycles.